The number of nitrogens with one attached hydrogen (secondary N) is 2. The lowest BCUT2D eigenvalue weighted by Crippen LogP contribution is -2.44. The van der Waals surface area contributed by atoms with E-state index in [1.807, 2.05) is 30.3 Å². The summed E-state index contributed by atoms with van der Waals surface area (Å²) in [5.74, 6) is 0.192. The highest BCUT2D eigenvalue weighted by molar-refractivity contribution is 9.11. The highest BCUT2D eigenvalue weighted by atomic mass is 79.9. The van der Waals surface area contributed by atoms with Gasteiger partial charge in [-0.15, -0.1) is 0 Å². The second-order valence-corrected chi connectivity index (χ2v) is 11.7. The molecule has 0 bridgehead atoms. The lowest BCUT2D eigenvalue weighted by atomic mass is 9.95. The Kier molecular flexibility index (Phi) is 14.0. The van der Waals surface area contributed by atoms with Crippen LogP contribution in [-0.2, 0) is 9.59 Å². The van der Waals surface area contributed by atoms with Gasteiger partial charge in [-0.05, 0) is 62.1 Å². The molecule has 8 heteroatoms. The second-order valence-electron chi connectivity index (χ2n) is 8.92. The van der Waals surface area contributed by atoms with Crippen LogP contribution in [-0.4, -0.2) is 37.0 Å². The van der Waals surface area contributed by atoms with Crippen LogP contribution in [0.1, 0.15) is 58.8 Å². The Labute approximate surface area is 235 Å². The third-order valence-corrected chi connectivity index (χ3v) is 7.35. The Hall–Kier alpha value is -1.38. The van der Waals surface area contributed by atoms with Crippen molar-refractivity contribution < 1.29 is 9.59 Å². The molecule has 2 aromatic rings. The van der Waals surface area contributed by atoms with Crippen LogP contribution < -0.4 is 15.5 Å². The third-order valence-electron chi connectivity index (χ3n) is 5.87. The van der Waals surface area contributed by atoms with Gasteiger partial charge in [0.15, 0.2) is 0 Å². The van der Waals surface area contributed by atoms with Crippen LogP contribution in [0.4, 0.5) is 5.69 Å². The maximum atomic E-state index is 11.0. The lowest BCUT2D eigenvalue weighted by Gasteiger charge is -2.33. The van der Waals surface area contributed by atoms with Crippen molar-refractivity contribution in [1.82, 2.24) is 10.6 Å². The number of carbonyl (C=O) groups excluding carboxylic acids is 2. The molecule has 4 rings (SSSR count). The monoisotopic (exact) mass is 671 g/mol. The van der Waals surface area contributed by atoms with Gasteiger partial charge in [0, 0.05) is 58.1 Å². The first-order valence-electron chi connectivity index (χ1n) is 12.2. The average Bonchev–Trinajstić information content (AvgIpc) is 2.80. The molecule has 1 saturated heterocycles. The van der Waals surface area contributed by atoms with Gasteiger partial charge in [0.05, 0.1) is 0 Å². The molecule has 0 radical (unpaired) electrons. The summed E-state index contributed by atoms with van der Waals surface area (Å²) >= 11 is 10.2. The molecular formula is C27H36Br3N3O2. The summed E-state index contributed by atoms with van der Waals surface area (Å²) in [6, 6.07) is 17.1. The van der Waals surface area contributed by atoms with E-state index in [-0.39, 0.29) is 11.8 Å². The predicted octanol–water partition coefficient (Wildman–Crippen LogP) is 7.22. The number of nitrogens with zero attached hydrogens (tertiary/aromatic N) is 1. The van der Waals surface area contributed by atoms with Crippen LogP contribution in [0.15, 0.2) is 61.9 Å². The maximum Gasteiger partial charge on any atom is 0.217 e. The molecule has 0 aromatic heterocycles. The first-order chi connectivity index (χ1) is 16.7. The Morgan fingerprint density at radius 2 is 1.17 bits per heavy atom. The Bertz CT molecular complexity index is 910. The topological polar surface area (TPSA) is 61.4 Å². The van der Waals surface area contributed by atoms with E-state index >= 15 is 0 Å². The number of hydrogen-bond donors (Lipinski definition) is 2. The smallest absolute Gasteiger partial charge is 0.217 e. The van der Waals surface area contributed by atoms with Crippen molar-refractivity contribution in [3.8, 4) is 0 Å². The largest absolute Gasteiger partial charge is 0.371 e. The van der Waals surface area contributed by atoms with Crippen molar-refractivity contribution >= 4 is 65.3 Å². The second kappa shape index (κ2) is 16.4. The molecule has 1 heterocycles. The quantitative estimate of drug-likeness (QED) is 0.362. The molecule has 35 heavy (non-hydrogen) atoms. The van der Waals surface area contributed by atoms with Crippen molar-refractivity contribution in [2.24, 2.45) is 0 Å². The number of amides is 2. The maximum absolute atomic E-state index is 11.0. The molecule has 1 saturated carbocycles. The van der Waals surface area contributed by atoms with Gasteiger partial charge in [-0.3, -0.25) is 9.59 Å². The molecule has 2 fully saturated rings. The van der Waals surface area contributed by atoms with Gasteiger partial charge < -0.3 is 15.5 Å². The highest BCUT2D eigenvalue weighted by Crippen LogP contribution is 2.23. The summed E-state index contributed by atoms with van der Waals surface area (Å²) in [5, 5.41) is 5.93. The van der Waals surface area contributed by atoms with Crippen LogP contribution in [0.25, 0.3) is 0 Å². The molecule has 5 nitrogen and oxygen atoms in total. The number of carbonyl (C=O) groups is 2. The fraction of sp³-hybridized carbons (Fsp3) is 0.481. The number of anilines is 1. The van der Waals surface area contributed by atoms with Crippen molar-refractivity contribution in [3.05, 3.63) is 61.9 Å². The van der Waals surface area contributed by atoms with Crippen LogP contribution in [0.3, 0.4) is 0 Å². The molecule has 0 spiro atoms. The van der Waals surface area contributed by atoms with Crippen molar-refractivity contribution in [3.63, 3.8) is 0 Å². The minimum absolute atomic E-state index is 0.0749. The fourth-order valence-electron chi connectivity index (χ4n) is 4.24. The highest BCUT2D eigenvalue weighted by Gasteiger charge is 2.19. The van der Waals surface area contributed by atoms with E-state index in [0.29, 0.717) is 12.1 Å². The van der Waals surface area contributed by atoms with E-state index in [9.17, 15) is 9.59 Å². The van der Waals surface area contributed by atoms with Gasteiger partial charge in [0.25, 0.3) is 0 Å². The van der Waals surface area contributed by atoms with Crippen LogP contribution in [0.2, 0.25) is 0 Å². The SMILES string of the molecule is Brc1cccc(Br)c1.CC(=O)NC1CCCCC1.CC(=O)NC1CCN(c2cccc(Br)c2)CC1. The van der Waals surface area contributed by atoms with Crippen LogP contribution >= 0.6 is 47.8 Å². The molecule has 2 aliphatic rings. The standard InChI is InChI=1S/C13H17BrN2O.C8H15NO.C6H4Br2/c1-10(17)15-12-5-7-16(8-6-12)13-4-2-3-11(14)9-13;1-7(10)9-8-5-3-2-4-6-8;7-5-2-1-3-6(8)4-5/h2-4,9,12H,5-8H2,1H3,(H,15,17);8H,2-6H2,1H3,(H,9,10);1-4H. The van der Waals surface area contributed by atoms with Gasteiger partial charge in [-0.2, -0.15) is 0 Å². The summed E-state index contributed by atoms with van der Waals surface area (Å²) in [5.41, 5.74) is 1.25. The Morgan fingerprint density at radius 3 is 1.60 bits per heavy atom. The zero-order chi connectivity index (χ0) is 25.6. The van der Waals surface area contributed by atoms with Gasteiger partial charge in [0.1, 0.15) is 0 Å². The first kappa shape index (κ1) is 29.8. The predicted molar refractivity (Wildman–Crippen MR) is 156 cm³/mol. The summed E-state index contributed by atoms with van der Waals surface area (Å²) in [4.78, 5) is 23.9. The third kappa shape index (κ3) is 12.9. The number of hydrogen-bond acceptors (Lipinski definition) is 3. The summed E-state index contributed by atoms with van der Waals surface area (Å²) in [7, 11) is 0. The molecular weight excluding hydrogens is 638 g/mol. The average molecular weight is 674 g/mol. The molecule has 192 valence electrons. The van der Waals surface area contributed by atoms with Gasteiger partial charge in [-0.25, -0.2) is 0 Å². The van der Waals surface area contributed by atoms with Crippen LogP contribution in [0, 0.1) is 0 Å². The molecule has 0 unspecified atom stereocenters. The molecule has 1 aliphatic heterocycles. The zero-order valence-corrected chi connectivity index (χ0v) is 25.3. The summed E-state index contributed by atoms with van der Waals surface area (Å²) in [6.45, 7) is 5.18. The van der Waals surface area contributed by atoms with E-state index in [0.717, 1.165) is 39.3 Å². The number of benzene rings is 2. The molecule has 2 aromatic carbocycles. The van der Waals surface area contributed by atoms with Crippen molar-refractivity contribution in [1.29, 1.82) is 0 Å². The van der Waals surface area contributed by atoms with Crippen molar-refractivity contribution in [2.75, 3.05) is 18.0 Å². The van der Waals surface area contributed by atoms with Gasteiger partial charge in [0.2, 0.25) is 11.8 Å². The Balaban J connectivity index is 0.000000204. The number of halogens is 3. The zero-order valence-electron chi connectivity index (χ0n) is 20.5. The van der Waals surface area contributed by atoms with E-state index < -0.39 is 0 Å². The summed E-state index contributed by atoms with van der Waals surface area (Å²) in [6.07, 6.45) is 8.31. The van der Waals surface area contributed by atoms with E-state index in [2.05, 4.69) is 81.5 Å². The van der Waals surface area contributed by atoms with Crippen LogP contribution in [0.5, 0.6) is 0 Å². The minimum atomic E-state index is 0.0749. The number of rotatable bonds is 3. The van der Waals surface area contributed by atoms with E-state index in [4.69, 9.17) is 0 Å². The normalized spacial score (nSPS) is 16.2. The molecule has 2 N–H and O–H groups in total. The van der Waals surface area contributed by atoms with Crippen molar-refractivity contribution in [2.45, 2.75) is 70.9 Å². The minimum Gasteiger partial charge on any atom is -0.371 e. The fourth-order valence-corrected chi connectivity index (χ4v) is 5.73. The van der Waals surface area contributed by atoms with Gasteiger partial charge >= 0.3 is 0 Å². The first-order valence-corrected chi connectivity index (χ1v) is 14.6. The lowest BCUT2D eigenvalue weighted by molar-refractivity contribution is -0.120. The Morgan fingerprint density at radius 1 is 0.714 bits per heavy atom. The van der Waals surface area contributed by atoms with Gasteiger partial charge in [-0.1, -0.05) is 79.2 Å². The number of piperidine rings is 1. The molecule has 0 atom stereocenters. The van der Waals surface area contributed by atoms with E-state index in [1.54, 1.807) is 13.8 Å². The molecule has 2 amide bonds. The molecule has 1 aliphatic carbocycles. The summed E-state index contributed by atoms with van der Waals surface area (Å²) < 4.78 is 3.32. The van der Waals surface area contributed by atoms with E-state index in [1.165, 1.54) is 37.8 Å².